The van der Waals surface area contributed by atoms with Gasteiger partial charge in [-0.3, -0.25) is 5.32 Å². The van der Waals surface area contributed by atoms with Crippen LogP contribution in [-0.4, -0.2) is 17.7 Å². The molecule has 3 rings (SSSR count). The second kappa shape index (κ2) is 7.77. The molecule has 4 nitrogen and oxygen atoms in total. The molecule has 0 aliphatic heterocycles. The second-order valence-electron chi connectivity index (χ2n) is 5.38. The lowest BCUT2D eigenvalue weighted by Gasteiger charge is -2.06. The van der Waals surface area contributed by atoms with Crippen molar-refractivity contribution in [1.82, 2.24) is 4.98 Å². The average Bonchev–Trinajstić information content (AvgIpc) is 3.03. The fourth-order valence-electron chi connectivity index (χ4n) is 2.37. The maximum absolute atomic E-state index is 11.5. The van der Waals surface area contributed by atoms with Crippen LogP contribution in [-0.2, 0) is 4.74 Å². The number of rotatable bonds is 5. The van der Waals surface area contributed by atoms with Gasteiger partial charge in [0, 0.05) is 21.7 Å². The van der Waals surface area contributed by atoms with Crippen LogP contribution in [0, 0.1) is 6.92 Å². The van der Waals surface area contributed by atoms with E-state index in [0.717, 1.165) is 26.7 Å². The van der Waals surface area contributed by atoms with Crippen molar-refractivity contribution in [2.45, 2.75) is 6.92 Å². The zero-order valence-corrected chi connectivity index (χ0v) is 14.7. The standard InChI is InChI=1S/C20H18N2O2S/c1-3-13-24-20(23)21-17-11-9-15(10-12-17)18-14(2)25-19(22-18)16-7-5-4-6-8-16/h3-12H,1,13H2,2H3,(H,21,23). The van der Waals surface area contributed by atoms with E-state index < -0.39 is 6.09 Å². The van der Waals surface area contributed by atoms with Gasteiger partial charge >= 0.3 is 6.09 Å². The number of anilines is 1. The Balaban J connectivity index is 1.77. The number of nitrogens with zero attached hydrogens (tertiary/aromatic N) is 1. The van der Waals surface area contributed by atoms with E-state index >= 15 is 0 Å². The summed E-state index contributed by atoms with van der Waals surface area (Å²) in [5, 5.41) is 3.68. The van der Waals surface area contributed by atoms with Gasteiger partial charge in [0.05, 0.1) is 5.69 Å². The van der Waals surface area contributed by atoms with Crippen molar-refractivity contribution in [1.29, 1.82) is 0 Å². The molecule has 0 spiro atoms. The number of hydrogen-bond acceptors (Lipinski definition) is 4. The number of nitrogens with one attached hydrogen (secondary N) is 1. The van der Waals surface area contributed by atoms with Crippen LogP contribution in [0.15, 0.2) is 67.3 Å². The van der Waals surface area contributed by atoms with Gasteiger partial charge in [0.1, 0.15) is 11.6 Å². The van der Waals surface area contributed by atoms with Gasteiger partial charge in [-0.15, -0.1) is 11.3 Å². The van der Waals surface area contributed by atoms with Gasteiger partial charge in [0.2, 0.25) is 0 Å². The normalized spacial score (nSPS) is 10.3. The van der Waals surface area contributed by atoms with Crippen molar-refractivity contribution >= 4 is 23.1 Å². The first-order valence-corrected chi connectivity index (χ1v) is 8.67. The molecule has 0 aliphatic rings. The van der Waals surface area contributed by atoms with E-state index in [0.29, 0.717) is 5.69 Å². The van der Waals surface area contributed by atoms with E-state index in [-0.39, 0.29) is 6.61 Å². The molecule has 1 amide bonds. The van der Waals surface area contributed by atoms with Gasteiger partial charge in [-0.05, 0) is 19.1 Å². The molecule has 0 radical (unpaired) electrons. The summed E-state index contributed by atoms with van der Waals surface area (Å²) in [6.07, 6.45) is 1.03. The van der Waals surface area contributed by atoms with Crippen LogP contribution < -0.4 is 5.32 Å². The predicted octanol–water partition coefficient (Wildman–Crippen LogP) is 5.52. The third kappa shape index (κ3) is 4.14. The topological polar surface area (TPSA) is 51.2 Å². The predicted molar refractivity (Wildman–Crippen MR) is 103 cm³/mol. The quantitative estimate of drug-likeness (QED) is 0.616. The van der Waals surface area contributed by atoms with Gasteiger partial charge in [0.25, 0.3) is 0 Å². The Morgan fingerprint density at radius 1 is 1.16 bits per heavy atom. The molecule has 25 heavy (non-hydrogen) atoms. The maximum Gasteiger partial charge on any atom is 0.411 e. The van der Waals surface area contributed by atoms with Crippen molar-refractivity contribution in [3.05, 3.63) is 72.1 Å². The highest BCUT2D eigenvalue weighted by atomic mass is 32.1. The first-order valence-electron chi connectivity index (χ1n) is 7.85. The molecule has 0 saturated heterocycles. The Morgan fingerprint density at radius 2 is 1.88 bits per heavy atom. The molecule has 0 fully saturated rings. The highest BCUT2D eigenvalue weighted by molar-refractivity contribution is 7.15. The Morgan fingerprint density at radius 3 is 2.56 bits per heavy atom. The second-order valence-corrected chi connectivity index (χ2v) is 6.58. The third-order valence-electron chi connectivity index (χ3n) is 3.55. The van der Waals surface area contributed by atoms with Gasteiger partial charge < -0.3 is 4.74 Å². The molecule has 5 heteroatoms. The molecule has 1 N–H and O–H groups in total. The molecule has 0 atom stereocenters. The lowest BCUT2D eigenvalue weighted by Crippen LogP contribution is -2.13. The van der Waals surface area contributed by atoms with E-state index in [1.54, 1.807) is 11.3 Å². The summed E-state index contributed by atoms with van der Waals surface area (Å²) in [5.41, 5.74) is 3.77. The largest absolute Gasteiger partial charge is 0.445 e. The van der Waals surface area contributed by atoms with Crippen molar-refractivity contribution in [2.24, 2.45) is 0 Å². The number of carbonyl (C=O) groups excluding carboxylic acids is 1. The molecule has 0 saturated carbocycles. The Bertz CT molecular complexity index is 870. The molecule has 126 valence electrons. The zero-order chi connectivity index (χ0) is 17.6. The molecule has 1 heterocycles. The summed E-state index contributed by atoms with van der Waals surface area (Å²) in [5.74, 6) is 0. The Kier molecular flexibility index (Phi) is 5.26. The average molecular weight is 350 g/mol. The first-order chi connectivity index (χ1) is 12.2. The fourth-order valence-corrected chi connectivity index (χ4v) is 3.31. The van der Waals surface area contributed by atoms with Crippen molar-refractivity contribution in [2.75, 3.05) is 11.9 Å². The lowest BCUT2D eigenvalue weighted by molar-refractivity contribution is 0.174. The van der Waals surface area contributed by atoms with Crippen molar-refractivity contribution in [3.8, 4) is 21.8 Å². The molecule has 1 aromatic heterocycles. The van der Waals surface area contributed by atoms with Gasteiger partial charge in [0.15, 0.2) is 0 Å². The SMILES string of the molecule is C=CCOC(=O)Nc1ccc(-c2nc(-c3ccccc3)sc2C)cc1. The number of aryl methyl sites for hydroxylation is 1. The van der Waals surface area contributed by atoms with Gasteiger partial charge in [-0.25, -0.2) is 9.78 Å². The Labute approximate surface area is 150 Å². The molecular weight excluding hydrogens is 332 g/mol. The van der Waals surface area contributed by atoms with Crippen LogP contribution in [0.4, 0.5) is 10.5 Å². The molecule has 0 unspecified atom stereocenters. The first kappa shape index (κ1) is 16.9. The van der Waals surface area contributed by atoms with E-state index in [2.05, 4.69) is 31.0 Å². The van der Waals surface area contributed by atoms with E-state index in [1.165, 1.54) is 6.08 Å². The monoisotopic (exact) mass is 350 g/mol. The van der Waals surface area contributed by atoms with Crippen LogP contribution in [0.5, 0.6) is 0 Å². The molecule has 0 aliphatic carbocycles. The molecule has 0 bridgehead atoms. The van der Waals surface area contributed by atoms with E-state index in [4.69, 9.17) is 9.72 Å². The van der Waals surface area contributed by atoms with E-state index in [9.17, 15) is 4.79 Å². The highest BCUT2D eigenvalue weighted by Gasteiger charge is 2.11. The lowest BCUT2D eigenvalue weighted by atomic mass is 10.1. The zero-order valence-electron chi connectivity index (χ0n) is 13.9. The fraction of sp³-hybridized carbons (Fsp3) is 0.100. The van der Waals surface area contributed by atoms with Crippen LogP contribution >= 0.6 is 11.3 Å². The third-order valence-corrected chi connectivity index (χ3v) is 4.57. The summed E-state index contributed by atoms with van der Waals surface area (Å²) in [7, 11) is 0. The van der Waals surface area contributed by atoms with Crippen molar-refractivity contribution < 1.29 is 9.53 Å². The van der Waals surface area contributed by atoms with Crippen LogP contribution in [0.3, 0.4) is 0 Å². The number of ether oxygens (including phenoxy) is 1. The number of benzene rings is 2. The minimum Gasteiger partial charge on any atom is -0.445 e. The summed E-state index contributed by atoms with van der Waals surface area (Å²) in [6.45, 7) is 5.76. The minimum absolute atomic E-state index is 0.185. The molecular formula is C20H18N2O2S. The van der Waals surface area contributed by atoms with Crippen LogP contribution in [0.1, 0.15) is 4.88 Å². The molecule has 2 aromatic carbocycles. The maximum atomic E-state index is 11.5. The number of thiazole rings is 1. The summed E-state index contributed by atoms with van der Waals surface area (Å²) < 4.78 is 4.90. The van der Waals surface area contributed by atoms with Gasteiger partial charge in [-0.2, -0.15) is 0 Å². The van der Waals surface area contributed by atoms with Crippen LogP contribution in [0.2, 0.25) is 0 Å². The summed E-state index contributed by atoms with van der Waals surface area (Å²) in [6, 6.07) is 17.7. The number of aromatic nitrogens is 1. The number of amides is 1. The van der Waals surface area contributed by atoms with Crippen molar-refractivity contribution in [3.63, 3.8) is 0 Å². The number of carbonyl (C=O) groups is 1. The summed E-state index contributed by atoms with van der Waals surface area (Å²) in [4.78, 5) is 17.5. The minimum atomic E-state index is -0.496. The smallest absolute Gasteiger partial charge is 0.411 e. The number of hydrogen-bond donors (Lipinski definition) is 1. The van der Waals surface area contributed by atoms with Crippen LogP contribution in [0.25, 0.3) is 21.8 Å². The Hall–Kier alpha value is -2.92. The molecule has 3 aromatic rings. The van der Waals surface area contributed by atoms with E-state index in [1.807, 2.05) is 42.5 Å². The van der Waals surface area contributed by atoms with Gasteiger partial charge in [-0.1, -0.05) is 55.1 Å². The summed E-state index contributed by atoms with van der Waals surface area (Å²) >= 11 is 1.68. The highest BCUT2D eigenvalue weighted by Crippen LogP contribution is 2.33.